The fourth-order valence-electron chi connectivity index (χ4n) is 3.79. The summed E-state index contributed by atoms with van der Waals surface area (Å²) in [7, 11) is 0. The number of anilines is 1. The summed E-state index contributed by atoms with van der Waals surface area (Å²) in [6.45, 7) is 8.16. The minimum Gasteiger partial charge on any atom is -0.316 e. The lowest BCUT2D eigenvalue weighted by Crippen LogP contribution is -2.28. The van der Waals surface area contributed by atoms with Crippen molar-refractivity contribution in [1.29, 1.82) is 5.26 Å². The molecule has 2 aromatic rings. The standard InChI is InChI=1S/C22H25F3N4OS2/c1-5-21(3,4)13-6-7-14-15(10-26)19(32-16(14)9-13)29-18(30)11-31-20-27-12(2)8-17(28-20)22(23,24)25/h8,13H,5-7,9,11H2,1-4H3,(H,29,30)/t13-/m1/s1. The van der Waals surface area contributed by atoms with Crippen LogP contribution in [0.2, 0.25) is 0 Å². The third kappa shape index (κ3) is 5.44. The van der Waals surface area contributed by atoms with Crippen LogP contribution >= 0.6 is 23.1 Å². The molecule has 5 nitrogen and oxygen atoms in total. The molecule has 2 aromatic heterocycles. The van der Waals surface area contributed by atoms with Gasteiger partial charge < -0.3 is 5.32 Å². The van der Waals surface area contributed by atoms with Gasteiger partial charge in [0.25, 0.3) is 0 Å². The minimum absolute atomic E-state index is 0.108. The Kier molecular flexibility index (Phi) is 7.20. The second-order valence-electron chi connectivity index (χ2n) is 8.61. The number of aromatic nitrogens is 2. The van der Waals surface area contributed by atoms with Gasteiger partial charge in [-0.05, 0) is 49.1 Å². The van der Waals surface area contributed by atoms with Gasteiger partial charge in [-0.25, -0.2) is 9.97 Å². The van der Waals surface area contributed by atoms with Crippen LogP contribution in [-0.4, -0.2) is 21.6 Å². The van der Waals surface area contributed by atoms with Crippen LogP contribution in [0.4, 0.5) is 18.2 Å². The predicted molar refractivity (Wildman–Crippen MR) is 120 cm³/mol. The highest BCUT2D eigenvalue weighted by atomic mass is 32.2. The van der Waals surface area contributed by atoms with E-state index in [1.54, 1.807) is 0 Å². The zero-order valence-electron chi connectivity index (χ0n) is 18.4. The number of alkyl halides is 3. The lowest BCUT2D eigenvalue weighted by molar-refractivity contribution is -0.141. The molecule has 1 amide bonds. The quantitative estimate of drug-likeness (QED) is 0.403. The Balaban J connectivity index is 1.70. The zero-order chi connectivity index (χ0) is 23.7. The first-order valence-electron chi connectivity index (χ1n) is 10.3. The number of amides is 1. The van der Waals surface area contributed by atoms with Crippen LogP contribution in [0.3, 0.4) is 0 Å². The number of hydrogen-bond acceptors (Lipinski definition) is 6. The SMILES string of the molecule is CCC(C)(C)[C@@H]1CCc2c(sc(NC(=O)CSc3nc(C)cc(C(F)(F)F)n3)c2C#N)C1. The van der Waals surface area contributed by atoms with Crippen LogP contribution in [0, 0.1) is 29.6 Å². The normalized spacial score (nSPS) is 16.4. The Morgan fingerprint density at radius 3 is 2.72 bits per heavy atom. The number of thiophene rings is 1. The molecule has 0 saturated carbocycles. The molecule has 0 aromatic carbocycles. The largest absolute Gasteiger partial charge is 0.433 e. The zero-order valence-corrected chi connectivity index (χ0v) is 20.0. The molecular weight excluding hydrogens is 457 g/mol. The minimum atomic E-state index is -4.58. The molecule has 3 rings (SSSR count). The number of nitrogens with zero attached hydrogens (tertiary/aromatic N) is 3. The summed E-state index contributed by atoms with van der Waals surface area (Å²) in [6.07, 6.45) is -0.800. The van der Waals surface area contributed by atoms with Crippen molar-refractivity contribution in [2.45, 2.75) is 64.7 Å². The van der Waals surface area contributed by atoms with Crippen molar-refractivity contribution < 1.29 is 18.0 Å². The summed E-state index contributed by atoms with van der Waals surface area (Å²) in [5.41, 5.74) is 0.868. The monoisotopic (exact) mass is 482 g/mol. The second kappa shape index (κ2) is 9.40. The van der Waals surface area contributed by atoms with E-state index in [0.717, 1.165) is 54.0 Å². The first-order valence-corrected chi connectivity index (χ1v) is 12.1. The number of nitriles is 1. The van der Waals surface area contributed by atoms with Crippen molar-refractivity contribution in [3.63, 3.8) is 0 Å². The molecule has 0 radical (unpaired) electrons. The number of hydrogen-bond donors (Lipinski definition) is 1. The van der Waals surface area contributed by atoms with E-state index in [9.17, 15) is 23.2 Å². The smallest absolute Gasteiger partial charge is 0.316 e. The molecule has 2 heterocycles. The van der Waals surface area contributed by atoms with E-state index < -0.39 is 17.8 Å². The Bertz CT molecular complexity index is 1060. The van der Waals surface area contributed by atoms with E-state index in [4.69, 9.17) is 0 Å². The molecule has 10 heteroatoms. The second-order valence-corrected chi connectivity index (χ2v) is 10.7. The van der Waals surface area contributed by atoms with Gasteiger partial charge in [-0.2, -0.15) is 18.4 Å². The first-order chi connectivity index (χ1) is 14.9. The molecule has 0 bridgehead atoms. The molecule has 0 fully saturated rings. The first kappa shape index (κ1) is 24.5. The number of rotatable bonds is 6. The van der Waals surface area contributed by atoms with Crippen LogP contribution in [0.15, 0.2) is 11.2 Å². The molecule has 0 saturated heterocycles. The summed E-state index contributed by atoms with van der Waals surface area (Å²) in [5.74, 6) is -0.0422. The van der Waals surface area contributed by atoms with E-state index in [-0.39, 0.29) is 22.0 Å². The summed E-state index contributed by atoms with van der Waals surface area (Å²) >= 11 is 2.27. The molecule has 1 aliphatic carbocycles. The summed E-state index contributed by atoms with van der Waals surface area (Å²) in [4.78, 5) is 21.1. The number of aryl methyl sites for hydroxylation is 1. The maximum atomic E-state index is 12.9. The van der Waals surface area contributed by atoms with Crippen LogP contribution < -0.4 is 5.32 Å². The van der Waals surface area contributed by atoms with Crippen molar-refractivity contribution in [1.82, 2.24) is 9.97 Å². The summed E-state index contributed by atoms with van der Waals surface area (Å²) in [6, 6.07) is 3.09. The number of nitrogens with one attached hydrogen (secondary N) is 1. The van der Waals surface area contributed by atoms with Gasteiger partial charge in [0, 0.05) is 10.6 Å². The van der Waals surface area contributed by atoms with E-state index in [1.165, 1.54) is 18.3 Å². The van der Waals surface area contributed by atoms with Crippen LogP contribution in [0.1, 0.15) is 61.0 Å². The van der Waals surface area contributed by atoms with Gasteiger partial charge in [0.2, 0.25) is 5.91 Å². The van der Waals surface area contributed by atoms with Gasteiger partial charge in [0.1, 0.15) is 16.8 Å². The van der Waals surface area contributed by atoms with E-state index in [2.05, 4.69) is 42.1 Å². The average molecular weight is 483 g/mol. The van der Waals surface area contributed by atoms with Gasteiger partial charge in [-0.1, -0.05) is 39.0 Å². The third-order valence-electron chi connectivity index (χ3n) is 6.10. The maximum absolute atomic E-state index is 12.9. The average Bonchev–Trinajstić information content (AvgIpc) is 3.07. The molecule has 1 atom stereocenters. The van der Waals surface area contributed by atoms with Gasteiger partial charge in [0.05, 0.1) is 11.3 Å². The molecule has 0 unspecified atom stereocenters. The number of halogens is 3. The maximum Gasteiger partial charge on any atom is 0.433 e. The lowest BCUT2D eigenvalue weighted by atomic mass is 9.69. The lowest BCUT2D eigenvalue weighted by Gasteiger charge is -2.36. The number of fused-ring (bicyclic) bond motifs is 1. The fraction of sp³-hybridized carbons (Fsp3) is 0.545. The highest BCUT2D eigenvalue weighted by Crippen LogP contribution is 2.45. The molecular formula is C22H25F3N4OS2. The Morgan fingerprint density at radius 2 is 2.09 bits per heavy atom. The fourth-order valence-corrected chi connectivity index (χ4v) is 5.79. The van der Waals surface area contributed by atoms with Crippen molar-refractivity contribution in [3.05, 3.63) is 33.5 Å². The molecule has 1 aliphatic rings. The predicted octanol–water partition coefficient (Wildman–Crippen LogP) is 6.01. The number of thioether (sulfide) groups is 1. The topological polar surface area (TPSA) is 78.7 Å². The number of carbonyl (C=O) groups is 1. The van der Waals surface area contributed by atoms with Crippen molar-refractivity contribution >= 4 is 34.0 Å². The van der Waals surface area contributed by atoms with E-state index in [1.807, 2.05) is 0 Å². The van der Waals surface area contributed by atoms with Crippen LogP contribution in [0.5, 0.6) is 0 Å². The highest BCUT2D eigenvalue weighted by Gasteiger charge is 2.35. The number of carbonyl (C=O) groups excluding carboxylic acids is 1. The van der Waals surface area contributed by atoms with Crippen LogP contribution in [-0.2, 0) is 23.8 Å². The van der Waals surface area contributed by atoms with Gasteiger partial charge in [-0.3, -0.25) is 4.79 Å². The van der Waals surface area contributed by atoms with Crippen LogP contribution in [0.25, 0.3) is 0 Å². The van der Waals surface area contributed by atoms with E-state index >= 15 is 0 Å². The van der Waals surface area contributed by atoms with Crippen molar-refractivity contribution in [2.24, 2.45) is 11.3 Å². The van der Waals surface area contributed by atoms with Gasteiger partial charge in [0.15, 0.2) is 5.16 Å². The van der Waals surface area contributed by atoms with Gasteiger partial charge in [-0.15, -0.1) is 11.3 Å². The molecule has 32 heavy (non-hydrogen) atoms. The molecule has 0 spiro atoms. The third-order valence-corrected chi connectivity index (χ3v) is 8.12. The molecule has 172 valence electrons. The highest BCUT2D eigenvalue weighted by molar-refractivity contribution is 7.99. The Hall–Kier alpha value is -2.12. The van der Waals surface area contributed by atoms with Crippen molar-refractivity contribution in [2.75, 3.05) is 11.1 Å². The Labute approximate surface area is 193 Å². The van der Waals surface area contributed by atoms with Gasteiger partial charge >= 0.3 is 6.18 Å². The Morgan fingerprint density at radius 1 is 1.38 bits per heavy atom. The summed E-state index contributed by atoms with van der Waals surface area (Å²) < 4.78 is 38.8. The summed E-state index contributed by atoms with van der Waals surface area (Å²) in [5, 5.41) is 12.8. The van der Waals surface area contributed by atoms with Crippen molar-refractivity contribution in [3.8, 4) is 6.07 Å². The van der Waals surface area contributed by atoms with E-state index in [0.29, 0.717) is 16.5 Å². The molecule has 0 aliphatic heterocycles. The molecule has 1 N–H and O–H groups in total.